The summed E-state index contributed by atoms with van der Waals surface area (Å²) < 4.78 is 4.85. The van der Waals surface area contributed by atoms with E-state index in [1.54, 1.807) is 0 Å². The van der Waals surface area contributed by atoms with Crippen molar-refractivity contribution in [2.75, 3.05) is 0 Å². The lowest BCUT2D eigenvalue weighted by molar-refractivity contribution is 1.11. The van der Waals surface area contributed by atoms with E-state index in [0.29, 0.717) is 0 Å². The van der Waals surface area contributed by atoms with Gasteiger partial charge in [-0.3, -0.25) is 0 Å². The van der Waals surface area contributed by atoms with E-state index in [-0.39, 0.29) is 0 Å². The van der Waals surface area contributed by atoms with E-state index >= 15 is 0 Å². The molecule has 0 unspecified atom stereocenters. The molecule has 8 aromatic carbocycles. The Balaban J connectivity index is 0.999. The minimum absolute atomic E-state index is 0.970. The predicted molar refractivity (Wildman–Crippen MR) is 233 cm³/mol. The molecule has 0 fully saturated rings. The second-order valence-corrected chi connectivity index (χ2v) is 15.1. The van der Waals surface area contributed by atoms with Crippen molar-refractivity contribution < 1.29 is 0 Å². The zero-order valence-corrected chi connectivity index (χ0v) is 31.2. The molecular weight excluding hydrogens is 665 g/mol. The molecule has 55 heavy (non-hydrogen) atoms. The number of benzene rings is 8. The van der Waals surface area contributed by atoms with Gasteiger partial charge in [0.2, 0.25) is 0 Å². The van der Waals surface area contributed by atoms with Gasteiger partial charge in [0.1, 0.15) is 0 Å². The van der Waals surface area contributed by atoms with Crippen LogP contribution in [0.4, 0.5) is 0 Å². The van der Waals surface area contributed by atoms with Crippen molar-refractivity contribution in [3.8, 4) is 44.8 Å². The van der Waals surface area contributed by atoms with Crippen LogP contribution < -0.4 is 0 Å². The first kappa shape index (κ1) is 31.8. The Morgan fingerprint density at radius 2 is 0.782 bits per heavy atom. The van der Waals surface area contributed by atoms with Crippen LogP contribution in [0.2, 0.25) is 0 Å². The summed E-state index contributed by atoms with van der Waals surface area (Å²) in [6.45, 7) is 4.44. The fourth-order valence-electron chi connectivity index (χ4n) is 9.22. The Morgan fingerprint density at radius 1 is 0.364 bits per heavy atom. The number of hydrogen-bond acceptors (Lipinski definition) is 0. The maximum absolute atomic E-state index is 2.43. The van der Waals surface area contributed by atoms with Gasteiger partial charge < -0.3 is 9.13 Å². The van der Waals surface area contributed by atoms with E-state index in [0.717, 1.165) is 19.3 Å². The first-order valence-electron chi connectivity index (χ1n) is 19.7. The fraction of sp³-hybridized carbons (Fsp3) is 0.0943. The van der Waals surface area contributed by atoms with E-state index in [9.17, 15) is 0 Å². The topological polar surface area (TPSA) is 9.86 Å². The van der Waals surface area contributed by atoms with Crippen LogP contribution in [0.5, 0.6) is 0 Å². The Morgan fingerprint density at radius 3 is 1.25 bits per heavy atom. The van der Waals surface area contributed by atoms with Crippen LogP contribution in [0, 0.1) is 0 Å². The molecule has 0 radical (unpaired) electrons. The molecule has 1 aliphatic rings. The quantitative estimate of drug-likeness (QED) is 0.163. The lowest BCUT2D eigenvalue weighted by atomic mass is 9.95. The predicted octanol–water partition coefficient (Wildman–Crippen LogP) is 13.9. The van der Waals surface area contributed by atoms with Gasteiger partial charge in [0.05, 0.1) is 22.1 Å². The highest BCUT2D eigenvalue weighted by Gasteiger charge is 2.21. The first-order chi connectivity index (χ1) is 27.1. The largest absolute Gasteiger partial charge is 0.309 e. The van der Waals surface area contributed by atoms with Crippen molar-refractivity contribution >= 4 is 43.6 Å². The molecule has 0 bridgehead atoms. The molecule has 2 heteroatoms. The highest BCUT2D eigenvalue weighted by Crippen LogP contribution is 2.43. The van der Waals surface area contributed by atoms with Gasteiger partial charge in [0.15, 0.2) is 0 Å². The maximum Gasteiger partial charge on any atom is 0.0541 e. The van der Waals surface area contributed by atoms with Gasteiger partial charge in [-0.25, -0.2) is 0 Å². The number of rotatable bonds is 6. The molecule has 0 saturated heterocycles. The molecule has 10 aromatic rings. The lowest BCUT2D eigenvalue weighted by Crippen LogP contribution is -1.95. The summed E-state index contributed by atoms with van der Waals surface area (Å²) in [5.41, 5.74) is 20.6. The van der Waals surface area contributed by atoms with E-state index in [2.05, 4.69) is 193 Å². The molecule has 262 valence electrons. The lowest BCUT2D eigenvalue weighted by Gasteiger charge is -2.11. The first-order valence-corrected chi connectivity index (χ1v) is 19.7. The van der Waals surface area contributed by atoms with Gasteiger partial charge in [-0.05, 0) is 148 Å². The van der Waals surface area contributed by atoms with E-state index < -0.39 is 0 Å². The van der Waals surface area contributed by atoms with Gasteiger partial charge in [0.25, 0.3) is 0 Å². The molecule has 2 heterocycles. The highest BCUT2D eigenvalue weighted by atomic mass is 15.0. The van der Waals surface area contributed by atoms with Crippen molar-refractivity contribution in [1.29, 1.82) is 0 Å². The third-order valence-corrected chi connectivity index (χ3v) is 12.1. The molecule has 0 aliphatic heterocycles. The van der Waals surface area contributed by atoms with Crippen LogP contribution in [0.15, 0.2) is 170 Å². The van der Waals surface area contributed by atoms with Gasteiger partial charge in [0, 0.05) is 32.9 Å². The monoisotopic (exact) mass is 704 g/mol. The Hall–Kier alpha value is -6.64. The Kier molecular flexibility index (Phi) is 7.22. The molecule has 11 rings (SSSR count). The van der Waals surface area contributed by atoms with Crippen LogP contribution in [0.1, 0.15) is 36.1 Å². The summed E-state index contributed by atoms with van der Waals surface area (Å²) >= 11 is 0. The van der Waals surface area contributed by atoms with Crippen molar-refractivity contribution in [3.05, 3.63) is 192 Å². The standard InChI is InChI=1S/C53H40N2/c1-3-34-11-9-13-42(27-34)54-50-17-7-5-15-44(50)48-32-38(23-25-52(48)54)36-19-21-40-29-41-22-20-37(31-47(41)46(40)30-36)39-24-26-53-49(33-39)45-16-6-8-18-51(45)55(53)43-14-10-12-35(4-2)28-43/h5-28,30-33H,3-4,29H2,1-2H3. The Labute approximate surface area is 321 Å². The SMILES string of the molecule is CCc1cccc(-n2c3ccccc3c3cc(-c4ccc5c(c4)-c4cc(-c6ccc7c(c6)c6ccccc6n7-c6cccc(CC)c6)ccc4C5)ccc32)c1. The highest BCUT2D eigenvalue weighted by molar-refractivity contribution is 6.11. The summed E-state index contributed by atoms with van der Waals surface area (Å²) in [6.07, 6.45) is 3.01. The minimum atomic E-state index is 0.970. The summed E-state index contributed by atoms with van der Waals surface area (Å²) in [5, 5.41) is 5.14. The third-order valence-electron chi connectivity index (χ3n) is 12.1. The smallest absolute Gasteiger partial charge is 0.0541 e. The molecule has 0 atom stereocenters. The second kappa shape index (κ2) is 12.5. The zero-order valence-electron chi connectivity index (χ0n) is 31.2. The van der Waals surface area contributed by atoms with Crippen LogP contribution >= 0.6 is 0 Å². The number of aromatic nitrogens is 2. The zero-order chi connectivity index (χ0) is 36.6. The van der Waals surface area contributed by atoms with Gasteiger partial charge in [-0.1, -0.05) is 111 Å². The number of hydrogen-bond donors (Lipinski definition) is 0. The van der Waals surface area contributed by atoms with Gasteiger partial charge >= 0.3 is 0 Å². The normalized spacial score (nSPS) is 12.3. The maximum atomic E-state index is 2.43. The van der Waals surface area contributed by atoms with Crippen LogP contribution in [0.25, 0.3) is 88.4 Å². The van der Waals surface area contributed by atoms with E-state index in [1.807, 2.05) is 0 Å². The van der Waals surface area contributed by atoms with Crippen LogP contribution in [-0.2, 0) is 19.3 Å². The summed E-state index contributed by atoms with van der Waals surface area (Å²) in [6, 6.07) is 63.8. The number of nitrogens with zero attached hydrogens (tertiary/aromatic N) is 2. The van der Waals surface area contributed by atoms with E-state index in [4.69, 9.17) is 0 Å². The minimum Gasteiger partial charge on any atom is -0.309 e. The molecule has 0 spiro atoms. The van der Waals surface area contributed by atoms with Crippen molar-refractivity contribution in [2.45, 2.75) is 33.1 Å². The summed E-state index contributed by atoms with van der Waals surface area (Å²) in [5.74, 6) is 0. The van der Waals surface area contributed by atoms with Crippen molar-refractivity contribution in [3.63, 3.8) is 0 Å². The number of para-hydroxylation sites is 2. The average molecular weight is 705 g/mol. The van der Waals surface area contributed by atoms with E-state index in [1.165, 1.54) is 111 Å². The van der Waals surface area contributed by atoms with Gasteiger partial charge in [-0.15, -0.1) is 0 Å². The van der Waals surface area contributed by atoms with Crippen molar-refractivity contribution in [2.24, 2.45) is 0 Å². The third kappa shape index (κ3) is 5.02. The molecule has 0 N–H and O–H groups in total. The fourth-order valence-corrected chi connectivity index (χ4v) is 9.22. The molecule has 2 aromatic heterocycles. The van der Waals surface area contributed by atoms with Crippen LogP contribution in [-0.4, -0.2) is 9.13 Å². The molecule has 0 amide bonds. The number of aryl methyl sites for hydroxylation is 2. The molecule has 1 aliphatic carbocycles. The van der Waals surface area contributed by atoms with Gasteiger partial charge in [-0.2, -0.15) is 0 Å². The molecule has 2 nitrogen and oxygen atoms in total. The number of fused-ring (bicyclic) bond motifs is 9. The van der Waals surface area contributed by atoms with Crippen molar-refractivity contribution in [1.82, 2.24) is 9.13 Å². The molecule has 0 saturated carbocycles. The summed E-state index contributed by atoms with van der Waals surface area (Å²) in [7, 11) is 0. The molecular formula is C53H40N2. The summed E-state index contributed by atoms with van der Waals surface area (Å²) in [4.78, 5) is 0. The Bertz CT molecular complexity index is 2940. The average Bonchev–Trinajstić information content (AvgIpc) is 3.90. The second-order valence-electron chi connectivity index (χ2n) is 15.1. The van der Waals surface area contributed by atoms with Crippen LogP contribution in [0.3, 0.4) is 0 Å².